The average molecular weight is 442 g/mol. The number of hydrogen-bond donors (Lipinski definition) is 1. The van der Waals surface area contributed by atoms with Gasteiger partial charge in [-0.15, -0.1) is 0 Å². The lowest BCUT2D eigenvalue weighted by Gasteiger charge is -2.31. The minimum atomic E-state index is -3.68. The number of nitrogens with zero attached hydrogens (tertiary/aromatic N) is 2. The van der Waals surface area contributed by atoms with Gasteiger partial charge in [0.25, 0.3) is 0 Å². The van der Waals surface area contributed by atoms with E-state index in [-0.39, 0.29) is 29.8 Å². The third-order valence-corrected chi connectivity index (χ3v) is 8.05. The van der Waals surface area contributed by atoms with Gasteiger partial charge in [-0.05, 0) is 37.1 Å². The van der Waals surface area contributed by atoms with Crippen molar-refractivity contribution in [3.63, 3.8) is 0 Å². The lowest BCUT2D eigenvalue weighted by atomic mass is 9.99. The van der Waals surface area contributed by atoms with Crippen LogP contribution in [0.2, 0.25) is 0 Å². The zero-order valence-corrected chi connectivity index (χ0v) is 18.1. The standard InChI is InChI=1S/C19H27N3O5S2/c1-27-16-4-6-17(7-5-16)29(25,26)22-8-2-3-15(14-22)19(24)20-13-18(23)21-9-11-28-12-10-21/h4-7,15H,2-3,8-14H2,1H3,(H,20,24)/t15-/m1/s1. The third kappa shape index (κ3) is 5.43. The summed E-state index contributed by atoms with van der Waals surface area (Å²) >= 11 is 1.82. The molecule has 2 fully saturated rings. The Bertz CT molecular complexity index is 823. The van der Waals surface area contributed by atoms with Gasteiger partial charge in [0.1, 0.15) is 5.75 Å². The first-order valence-electron chi connectivity index (χ1n) is 9.69. The summed E-state index contributed by atoms with van der Waals surface area (Å²) < 4.78 is 32.3. The Morgan fingerprint density at radius 1 is 1.17 bits per heavy atom. The van der Waals surface area contributed by atoms with Gasteiger partial charge in [-0.2, -0.15) is 16.1 Å². The minimum Gasteiger partial charge on any atom is -0.497 e. The summed E-state index contributed by atoms with van der Waals surface area (Å²) in [6.07, 6.45) is 1.21. The van der Waals surface area contributed by atoms with Crippen molar-refractivity contribution in [1.82, 2.24) is 14.5 Å². The van der Waals surface area contributed by atoms with E-state index in [1.54, 1.807) is 17.0 Å². The first-order valence-corrected chi connectivity index (χ1v) is 12.3. The van der Waals surface area contributed by atoms with Gasteiger partial charge >= 0.3 is 0 Å². The number of rotatable bonds is 6. The molecule has 0 saturated carbocycles. The van der Waals surface area contributed by atoms with Crippen LogP contribution in [-0.4, -0.2) is 80.8 Å². The van der Waals surface area contributed by atoms with E-state index in [9.17, 15) is 18.0 Å². The van der Waals surface area contributed by atoms with Crippen molar-refractivity contribution in [3.8, 4) is 5.75 Å². The molecule has 29 heavy (non-hydrogen) atoms. The molecule has 0 aromatic heterocycles. The van der Waals surface area contributed by atoms with Gasteiger partial charge in [-0.1, -0.05) is 0 Å². The number of thioether (sulfide) groups is 1. The molecule has 1 N–H and O–H groups in total. The van der Waals surface area contributed by atoms with Gasteiger partial charge in [0.15, 0.2) is 0 Å². The highest BCUT2D eigenvalue weighted by Crippen LogP contribution is 2.25. The molecule has 10 heteroatoms. The number of methoxy groups -OCH3 is 1. The minimum absolute atomic E-state index is 0.0365. The smallest absolute Gasteiger partial charge is 0.243 e. The highest BCUT2D eigenvalue weighted by molar-refractivity contribution is 7.99. The molecule has 2 saturated heterocycles. The van der Waals surface area contributed by atoms with Crippen LogP contribution in [0.3, 0.4) is 0 Å². The van der Waals surface area contributed by atoms with Crippen LogP contribution in [0.4, 0.5) is 0 Å². The van der Waals surface area contributed by atoms with Crippen LogP contribution in [0.25, 0.3) is 0 Å². The van der Waals surface area contributed by atoms with Gasteiger partial charge < -0.3 is 15.0 Å². The van der Waals surface area contributed by atoms with Crippen LogP contribution in [0.15, 0.2) is 29.2 Å². The average Bonchev–Trinajstić information content (AvgIpc) is 2.78. The molecule has 2 aliphatic heterocycles. The Morgan fingerprint density at radius 2 is 1.86 bits per heavy atom. The molecule has 8 nitrogen and oxygen atoms in total. The fourth-order valence-corrected chi connectivity index (χ4v) is 5.93. The first kappa shape index (κ1) is 21.9. The molecule has 1 aromatic rings. The van der Waals surface area contributed by atoms with Crippen LogP contribution in [0, 0.1) is 5.92 Å². The number of carbonyl (C=O) groups is 2. The Kier molecular flexibility index (Phi) is 7.42. The highest BCUT2D eigenvalue weighted by Gasteiger charge is 2.33. The lowest BCUT2D eigenvalue weighted by Crippen LogP contribution is -2.48. The number of carbonyl (C=O) groups excluding carboxylic acids is 2. The molecule has 0 spiro atoms. The van der Waals surface area contributed by atoms with Gasteiger partial charge in [0.2, 0.25) is 21.8 Å². The number of hydrogen-bond acceptors (Lipinski definition) is 6. The number of sulfonamides is 1. The van der Waals surface area contributed by atoms with E-state index in [2.05, 4.69) is 5.32 Å². The molecule has 0 radical (unpaired) electrons. The molecule has 2 amide bonds. The summed E-state index contributed by atoms with van der Waals surface area (Å²) in [7, 11) is -2.16. The fraction of sp³-hybridized carbons (Fsp3) is 0.579. The second-order valence-corrected chi connectivity index (χ2v) is 10.3. The monoisotopic (exact) mass is 441 g/mol. The summed E-state index contributed by atoms with van der Waals surface area (Å²) in [5.41, 5.74) is 0. The molecular weight excluding hydrogens is 414 g/mol. The van der Waals surface area contributed by atoms with Crippen molar-refractivity contribution in [1.29, 1.82) is 0 Å². The zero-order valence-electron chi connectivity index (χ0n) is 16.5. The van der Waals surface area contributed by atoms with Crippen molar-refractivity contribution in [2.24, 2.45) is 5.92 Å². The highest BCUT2D eigenvalue weighted by atomic mass is 32.2. The number of ether oxygens (including phenoxy) is 1. The molecule has 0 aliphatic carbocycles. The zero-order chi connectivity index (χ0) is 20.9. The van der Waals surface area contributed by atoms with Gasteiger partial charge in [0, 0.05) is 37.7 Å². The van der Waals surface area contributed by atoms with Crippen LogP contribution in [0.1, 0.15) is 12.8 Å². The number of benzene rings is 1. The van der Waals surface area contributed by atoms with Crippen LogP contribution in [0.5, 0.6) is 5.75 Å². The first-order chi connectivity index (χ1) is 13.9. The normalized spacial score (nSPS) is 20.9. The van der Waals surface area contributed by atoms with Crippen LogP contribution >= 0.6 is 11.8 Å². The molecule has 0 bridgehead atoms. The summed E-state index contributed by atoms with van der Waals surface area (Å²) in [5, 5.41) is 2.70. The Balaban J connectivity index is 1.57. The number of piperidine rings is 1. The van der Waals surface area contributed by atoms with Gasteiger partial charge in [0.05, 0.1) is 24.5 Å². The maximum atomic E-state index is 12.9. The topological polar surface area (TPSA) is 96.0 Å². The molecule has 1 aromatic carbocycles. The number of amides is 2. The third-order valence-electron chi connectivity index (χ3n) is 5.23. The predicted molar refractivity (Wildman–Crippen MR) is 111 cm³/mol. The van der Waals surface area contributed by atoms with Crippen molar-refractivity contribution in [2.75, 3.05) is 51.3 Å². The van der Waals surface area contributed by atoms with E-state index in [4.69, 9.17) is 4.74 Å². The van der Waals surface area contributed by atoms with Crippen LogP contribution in [-0.2, 0) is 19.6 Å². The molecule has 2 aliphatic rings. The molecule has 1 atom stereocenters. The van der Waals surface area contributed by atoms with E-state index in [1.165, 1.54) is 23.5 Å². The van der Waals surface area contributed by atoms with Crippen molar-refractivity contribution in [3.05, 3.63) is 24.3 Å². The van der Waals surface area contributed by atoms with E-state index in [0.29, 0.717) is 38.2 Å². The SMILES string of the molecule is COc1ccc(S(=O)(=O)N2CCC[C@@H](C(=O)NCC(=O)N3CCSCC3)C2)cc1. The van der Waals surface area contributed by atoms with E-state index < -0.39 is 15.9 Å². The van der Waals surface area contributed by atoms with Gasteiger partial charge in [-0.3, -0.25) is 9.59 Å². The largest absolute Gasteiger partial charge is 0.497 e. The fourth-order valence-electron chi connectivity index (χ4n) is 3.50. The molecular formula is C19H27N3O5S2. The van der Waals surface area contributed by atoms with Crippen LogP contribution < -0.4 is 10.1 Å². The Labute approximate surface area is 176 Å². The summed E-state index contributed by atoms with van der Waals surface area (Å²) in [6.45, 7) is 1.87. The quantitative estimate of drug-likeness (QED) is 0.701. The van der Waals surface area contributed by atoms with E-state index in [0.717, 1.165) is 11.5 Å². The maximum absolute atomic E-state index is 12.9. The molecule has 160 valence electrons. The molecule has 0 unspecified atom stereocenters. The van der Waals surface area contributed by atoms with Crippen molar-refractivity contribution in [2.45, 2.75) is 17.7 Å². The number of nitrogens with one attached hydrogen (secondary N) is 1. The Morgan fingerprint density at radius 3 is 2.52 bits per heavy atom. The molecule has 2 heterocycles. The van der Waals surface area contributed by atoms with Gasteiger partial charge in [-0.25, -0.2) is 8.42 Å². The van der Waals surface area contributed by atoms with E-state index in [1.807, 2.05) is 11.8 Å². The lowest BCUT2D eigenvalue weighted by molar-refractivity contribution is -0.134. The summed E-state index contributed by atoms with van der Waals surface area (Å²) in [4.78, 5) is 26.7. The summed E-state index contributed by atoms with van der Waals surface area (Å²) in [6, 6.07) is 6.22. The summed E-state index contributed by atoms with van der Waals surface area (Å²) in [5.74, 6) is 1.61. The van der Waals surface area contributed by atoms with Crippen molar-refractivity contribution >= 4 is 33.6 Å². The second kappa shape index (κ2) is 9.82. The predicted octanol–water partition coefficient (Wildman–Crippen LogP) is 0.788. The second-order valence-electron chi connectivity index (χ2n) is 7.09. The van der Waals surface area contributed by atoms with Crippen molar-refractivity contribution < 1.29 is 22.7 Å². The Hall–Kier alpha value is -1.78. The molecule has 3 rings (SSSR count). The maximum Gasteiger partial charge on any atom is 0.243 e. The van der Waals surface area contributed by atoms with E-state index >= 15 is 0 Å².